The fourth-order valence-electron chi connectivity index (χ4n) is 1.60. The smallest absolute Gasteiger partial charge is 0.223 e. The van der Waals surface area contributed by atoms with Crippen LogP contribution in [0.25, 0.3) is 0 Å². The van der Waals surface area contributed by atoms with Gasteiger partial charge in [0.25, 0.3) is 0 Å². The number of benzene rings is 1. The third kappa shape index (κ3) is 2.61. The Balaban J connectivity index is 2.46. The van der Waals surface area contributed by atoms with Crippen molar-refractivity contribution in [3.8, 4) is 11.8 Å². The normalized spacial score (nSPS) is 9.72. The quantitative estimate of drug-likeness (QED) is 0.583. The highest BCUT2D eigenvalue weighted by Gasteiger charge is 2.01. The molecule has 0 unspecified atom stereocenters. The van der Waals surface area contributed by atoms with Crippen molar-refractivity contribution in [1.82, 2.24) is 9.97 Å². The molecule has 0 radical (unpaired) electrons. The summed E-state index contributed by atoms with van der Waals surface area (Å²) < 4.78 is 0. The number of nitrogens with zero attached hydrogens (tertiary/aromatic N) is 2. The Morgan fingerprint density at radius 3 is 2.50 bits per heavy atom. The maximum atomic E-state index is 5.74. The second-order valence-corrected chi connectivity index (χ2v) is 4.30. The first-order valence-electron chi connectivity index (χ1n) is 5.44. The minimum Gasteiger partial charge on any atom is -0.395 e. The standard InChI is InChI=1S/C14H12ClN3/c1-9-4-3-5-10(2)11(9)6-7-13-12(16)8-17-14(15)18-13/h3-5,8H,16H2,1-2H3. The van der Waals surface area contributed by atoms with Crippen LogP contribution in [0.2, 0.25) is 5.28 Å². The molecular weight excluding hydrogens is 246 g/mol. The molecule has 0 amide bonds. The van der Waals surface area contributed by atoms with E-state index < -0.39 is 0 Å². The van der Waals surface area contributed by atoms with Crippen molar-refractivity contribution in [2.75, 3.05) is 5.73 Å². The molecule has 1 aromatic heterocycles. The molecule has 0 spiro atoms. The Bertz CT molecular complexity index is 634. The number of halogens is 1. The summed E-state index contributed by atoms with van der Waals surface area (Å²) in [5.41, 5.74) is 9.87. The monoisotopic (exact) mass is 257 g/mol. The lowest BCUT2D eigenvalue weighted by molar-refractivity contribution is 1.15. The zero-order valence-corrected chi connectivity index (χ0v) is 10.9. The van der Waals surface area contributed by atoms with Crippen LogP contribution >= 0.6 is 11.6 Å². The summed E-state index contributed by atoms with van der Waals surface area (Å²) in [5.74, 6) is 6.03. The number of hydrogen-bond acceptors (Lipinski definition) is 3. The van der Waals surface area contributed by atoms with Gasteiger partial charge >= 0.3 is 0 Å². The molecule has 0 saturated carbocycles. The number of hydrogen-bond donors (Lipinski definition) is 1. The molecule has 0 bridgehead atoms. The molecule has 1 heterocycles. The first-order valence-corrected chi connectivity index (χ1v) is 5.82. The molecule has 18 heavy (non-hydrogen) atoms. The average Bonchev–Trinajstić information content (AvgIpc) is 2.33. The van der Waals surface area contributed by atoms with Gasteiger partial charge in [-0.25, -0.2) is 9.97 Å². The summed E-state index contributed by atoms with van der Waals surface area (Å²) in [4.78, 5) is 7.79. The van der Waals surface area contributed by atoms with Gasteiger partial charge in [-0.2, -0.15) is 0 Å². The molecular formula is C14H12ClN3. The molecule has 0 saturated heterocycles. The Labute approximate surface area is 111 Å². The Kier molecular flexibility index (Phi) is 3.50. The minimum absolute atomic E-state index is 0.148. The van der Waals surface area contributed by atoms with Crippen molar-refractivity contribution in [3.05, 3.63) is 52.1 Å². The van der Waals surface area contributed by atoms with Crippen LogP contribution in [0.4, 0.5) is 5.69 Å². The minimum atomic E-state index is 0.148. The summed E-state index contributed by atoms with van der Waals surface area (Å²) in [6.07, 6.45) is 1.46. The summed E-state index contributed by atoms with van der Waals surface area (Å²) in [6.45, 7) is 4.04. The van der Waals surface area contributed by atoms with E-state index in [1.165, 1.54) is 6.20 Å². The predicted octanol–water partition coefficient (Wildman–Crippen LogP) is 2.73. The highest BCUT2D eigenvalue weighted by molar-refractivity contribution is 6.28. The SMILES string of the molecule is Cc1cccc(C)c1C#Cc1nc(Cl)ncc1N. The molecule has 2 N–H and O–H groups in total. The maximum absolute atomic E-state index is 5.74. The van der Waals surface area contributed by atoms with Crippen LogP contribution < -0.4 is 5.73 Å². The van der Waals surface area contributed by atoms with E-state index in [-0.39, 0.29) is 5.28 Å². The molecule has 90 valence electrons. The van der Waals surface area contributed by atoms with Gasteiger partial charge in [0.1, 0.15) is 5.69 Å². The van der Waals surface area contributed by atoms with E-state index >= 15 is 0 Å². The molecule has 0 aliphatic heterocycles. The van der Waals surface area contributed by atoms with Crippen LogP contribution in [-0.4, -0.2) is 9.97 Å². The zero-order chi connectivity index (χ0) is 13.1. The van der Waals surface area contributed by atoms with Gasteiger partial charge in [-0.3, -0.25) is 0 Å². The van der Waals surface area contributed by atoms with Crippen molar-refractivity contribution in [3.63, 3.8) is 0 Å². The van der Waals surface area contributed by atoms with Crippen molar-refractivity contribution in [2.45, 2.75) is 13.8 Å². The van der Waals surface area contributed by atoms with Gasteiger partial charge in [-0.05, 0) is 42.5 Å². The number of nitrogens with two attached hydrogens (primary N) is 1. The molecule has 2 rings (SSSR count). The van der Waals surface area contributed by atoms with E-state index in [1.807, 2.05) is 32.0 Å². The molecule has 3 nitrogen and oxygen atoms in total. The third-order valence-corrected chi connectivity index (χ3v) is 2.76. The summed E-state index contributed by atoms with van der Waals surface area (Å²) in [5, 5.41) is 0.148. The fourth-order valence-corrected chi connectivity index (χ4v) is 1.74. The van der Waals surface area contributed by atoms with E-state index in [0.717, 1.165) is 16.7 Å². The van der Waals surface area contributed by atoms with E-state index in [1.54, 1.807) is 0 Å². The average molecular weight is 258 g/mol. The number of nitrogen functional groups attached to an aromatic ring is 1. The molecule has 0 atom stereocenters. The van der Waals surface area contributed by atoms with Crippen LogP contribution in [-0.2, 0) is 0 Å². The van der Waals surface area contributed by atoms with Crippen LogP contribution in [0.1, 0.15) is 22.4 Å². The first kappa shape index (κ1) is 12.4. The highest BCUT2D eigenvalue weighted by Crippen LogP contribution is 2.13. The van der Waals surface area contributed by atoms with Gasteiger partial charge in [0.05, 0.1) is 11.9 Å². The number of anilines is 1. The van der Waals surface area contributed by atoms with E-state index in [9.17, 15) is 0 Å². The van der Waals surface area contributed by atoms with Gasteiger partial charge in [0, 0.05) is 5.56 Å². The molecule has 0 fully saturated rings. The van der Waals surface area contributed by atoms with Gasteiger partial charge < -0.3 is 5.73 Å². The van der Waals surface area contributed by atoms with Crippen LogP contribution in [0, 0.1) is 25.7 Å². The Hall–Kier alpha value is -2.05. The second kappa shape index (κ2) is 5.07. The maximum Gasteiger partial charge on any atom is 0.223 e. The number of aromatic nitrogens is 2. The molecule has 1 aromatic carbocycles. The topological polar surface area (TPSA) is 51.8 Å². The van der Waals surface area contributed by atoms with Crippen molar-refractivity contribution in [1.29, 1.82) is 0 Å². The summed E-state index contributed by atoms with van der Waals surface area (Å²) in [6, 6.07) is 6.05. The molecule has 0 aliphatic carbocycles. The zero-order valence-electron chi connectivity index (χ0n) is 10.2. The largest absolute Gasteiger partial charge is 0.395 e. The van der Waals surface area contributed by atoms with Crippen molar-refractivity contribution < 1.29 is 0 Å². The molecule has 2 aromatic rings. The molecule has 4 heteroatoms. The number of rotatable bonds is 0. The predicted molar refractivity (Wildman–Crippen MR) is 73.4 cm³/mol. The number of aryl methyl sites for hydroxylation is 2. The van der Waals surface area contributed by atoms with Crippen LogP contribution in [0.15, 0.2) is 24.4 Å². The van der Waals surface area contributed by atoms with Crippen molar-refractivity contribution in [2.24, 2.45) is 0 Å². The third-order valence-electron chi connectivity index (χ3n) is 2.57. The summed E-state index contributed by atoms with van der Waals surface area (Å²) >= 11 is 5.72. The van der Waals surface area contributed by atoms with E-state index in [4.69, 9.17) is 17.3 Å². The van der Waals surface area contributed by atoms with Gasteiger partial charge in [0.15, 0.2) is 0 Å². The lowest BCUT2D eigenvalue weighted by Gasteiger charge is -2.01. The fraction of sp³-hybridized carbons (Fsp3) is 0.143. The Morgan fingerprint density at radius 2 is 1.83 bits per heavy atom. The Morgan fingerprint density at radius 1 is 1.17 bits per heavy atom. The second-order valence-electron chi connectivity index (χ2n) is 3.96. The first-order chi connectivity index (χ1) is 8.58. The lowest BCUT2D eigenvalue weighted by Crippen LogP contribution is -1.96. The van der Waals surface area contributed by atoms with E-state index in [2.05, 4.69) is 21.8 Å². The van der Waals surface area contributed by atoms with Crippen LogP contribution in [0.5, 0.6) is 0 Å². The lowest BCUT2D eigenvalue weighted by atomic mass is 10.0. The summed E-state index contributed by atoms with van der Waals surface area (Å²) in [7, 11) is 0. The van der Waals surface area contributed by atoms with Gasteiger partial charge in [-0.1, -0.05) is 24.1 Å². The van der Waals surface area contributed by atoms with Gasteiger partial charge in [0.2, 0.25) is 5.28 Å². The van der Waals surface area contributed by atoms with Crippen LogP contribution in [0.3, 0.4) is 0 Å². The highest BCUT2D eigenvalue weighted by atomic mass is 35.5. The molecule has 0 aliphatic rings. The van der Waals surface area contributed by atoms with Gasteiger partial charge in [-0.15, -0.1) is 0 Å². The van der Waals surface area contributed by atoms with E-state index in [0.29, 0.717) is 11.4 Å². The van der Waals surface area contributed by atoms with Crippen molar-refractivity contribution >= 4 is 17.3 Å².